The molecular weight excluding hydrogens is 232 g/mol. The van der Waals surface area contributed by atoms with E-state index in [4.69, 9.17) is 5.11 Å². The van der Waals surface area contributed by atoms with Gasteiger partial charge in [0.05, 0.1) is 6.20 Å². The molecule has 10 nitrogen and oxygen atoms in total. The first-order chi connectivity index (χ1) is 8.11. The summed E-state index contributed by atoms with van der Waals surface area (Å²) in [6.45, 7) is -0.614. The number of aliphatic imine (C=N–C) groups is 1. The molecule has 10 heteroatoms. The molecule has 0 aliphatic carbocycles. The summed E-state index contributed by atoms with van der Waals surface area (Å²) in [7, 11) is 0. The van der Waals surface area contributed by atoms with Gasteiger partial charge in [0.1, 0.15) is 6.67 Å². The number of carboxylic acid groups (broad SMARTS) is 1. The molecule has 0 bridgehead atoms. The second-order valence-corrected chi connectivity index (χ2v) is 2.69. The maximum absolute atomic E-state index is 11.1. The van der Waals surface area contributed by atoms with E-state index < -0.39 is 18.5 Å². The van der Waals surface area contributed by atoms with Gasteiger partial charge in [0.2, 0.25) is 6.08 Å². The minimum absolute atomic E-state index is 0.0823. The van der Waals surface area contributed by atoms with E-state index in [1.807, 2.05) is 0 Å². The van der Waals surface area contributed by atoms with Gasteiger partial charge in [0.15, 0.2) is 12.4 Å². The van der Waals surface area contributed by atoms with Crippen molar-refractivity contribution in [2.24, 2.45) is 4.99 Å². The van der Waals surface area contributed by atoms with E-state index in [-0.39, 0.29) is 12.5 Å². The number of aliphatic carboxylic acids is 1. The van der Waals surface area contributed by atoms with Gasteiger partial charge in [-0.2, -0.15) is 14.9 Å². The van der Waals surface area contributed by atoms with Crippen molar-refractivity contribution < 1.29 is 19.5 Å². The summed E-state index contributed by atoms with van der Waals surface area (Å²) in [5.74, 6) is -1.02. The molecule has 0 spiro atoms. The first-order valence-electron chi connectivity index (χ1n) is 4.32. The Labute approximate surface area is 94.3 Å². The van der Waals surface area contributed by atoms with Gasteiger partial charge in [-0.1, -0.05) is 0 Å². The van der Waals surface area contributed by atoms with Crippen LogP contribution in [0.4, 0.5) is 10.6 Å². The van der Waals surface area contributed by atoms with Gasteiger partial charge in [-0.05, 0) is 0 Å². The van der Waals surface area contributed by atoms with Crippen molar-refractivity contribution in [2.75, 3.05) is 12.0 Å². The Kier molecular flexibility index (Phi) is 4.34. The number of amides is 2. The molecule has 0 atom stereocenters. The molecule has 0 aromatic carbocycles. The Morgan fingerprint density at radius 2 is 2.35 bits per heavy atom. The third-order valence-corrected chi connectivity index (χ3v) is 1.44. The van der Waals surface area contributed by atoms with Gasteiger partial charge in [-0.3, -0.25) is 10.1 Å². The number of rotatable bonds is 5. The standard InChI is InChI=1S/C7H8N6O4/c14-4-8-3-9-7(17)11-5-1-10-13(12-5)2-6(15)16/h1H,2-3H2,(H,15,16)(H2,9,11,12,17). The summed E-state index contributed by atoms with van der Waals surface area (Å²) in [5, 5.41) is 20.2. The molecule has 0 unspecified atom stereocenters. The van der Waals surface area contributed by atoms with Crippen LogP contribution in [0.5, 0.6) is 0 Å². The van der Waals surface area contributed by atoms with E-state index in [1.165, 1.54) is 12.3 Å². The van der Waals surface area contributed by atoms with Crippen LogP contribution in [0.1, 0.15) is 0 Å². The second kappa shape index (κ2) is 5.98. The van der Waals surface area contributed by atoms with Crippen molar-refractivity contribution >= 4 is 23.9 Å². The number of isocyanates is 1. The first-order valence-corrected chi connectivity index (χ1v) is 4.32. The normalized spacial score (nSPS) is 9.18. The Balaban J connectivity index is 2.45. The molecule has 0 aliphatic heterocycles. The summed E-state index contributed by atoms with van der Waals surface area (Å²) in [6, 6.07) is -0.647. The number of nitrogens with one attached hydrogen (secondary N) is 2. The van der Waals surface area contributed by atoms with Gasteiger partial charge in [-0.25, -0.2) is 9.59 Å². The molecule has 0 aliphatic rings. The molecule has 1 aromatic heterocycles. The summed E-state index contributed by atoms with van der Waals surface area (Å²) < 4.78 is 0. The van der Waals surface area contributed by atoms with Gasteiger partial charge in [0.25, 0.3) is 0 Å². The predicted octanol–water partition coefficient (Wildman–Crippen LogP) is -1.22. The number of urea groups is 1. The average molecular weight is 240 g/mol. The Morgan fingerprint density at radius 3 is 3.00 bits per heavy atom. The fourth-order valence-electron chi connectivity index (χ4n) is 0.856. The Bertz CT molecular complexity index is 463. The summed E-state index contributed by atoms with van der Waals surface area (Å²) >= 11 is 0. The number of carbonyl (C=O) groups is 2. The highest BCUT2D eigenvalue weighted by atomic mass is 16.4. The van der Waals surface area contributed by atoms with Gasteiger partial charge in [0, 0.05) is 0 Å². The van der Waals surface area contributed by atoms with E-state index in [9.17, 15) is 14.4 Å². The summed E-state index contributed by atoms with van der Waals surface area (Å²) in [6.07, 6.45) is 2.43. The zero-order valence-corrected chi connectivity index (χ0v) is 8.45. The lowest BCUT2D eigenvalue weighted by Gasteiger charge is -2.00. The van der Waals surface area contributed by atoms with E-state index >= 15 is 0 Å². The van der Waals surface area contributed by atoms with Crippen LogP contribution in [0.3, 0.4) is 0 Å². The Hall–Kier alpha value is -2.74. The fourth-order valence-corrected chi connectivity index (χ4v) is 0.856. The highest BCUT2D eigenvalue weighted by molar-refractivity contribution is 5.87. The van der Waals surface area contributed by atoms with Gasteiger partial charge < -0.3 is 10.4 Å². The third-order valence-electron chi connectivity index (χ3n) is 1.44. The SMILES string of the molecule is O=C=NCNC(=O)Nc1cnn(CC(=O)O)n1. The topological polar surface area (TPSA) is 139 Å². The van der Waals surface area contributed by atoms with E-state index in [0.717, 1.165) is 4.80 Å². The quantitative estimate of drug-likeness (QED) is 0.435. The maximum atomic E-state index is 11.1. The second-order valence-electron chi connectivity index (χ2n) is 2.69. The molecule has 17 heavy (non-hydrogen) atoms. The van der Waals surface area contributed by atoms with Crippen LogP contribution >= 0.6 is 0 Å². The van der Waals surface area contributed by atoms with Crippen molar-refractivity contribution in [1.29, 1.82) is 0 Å². The van der Waals surface area contributed by atoms with Crippen LogP contribution < -0.4 is 10.6 Å². The monoisotopic (exact) mass is 240 g/mol. The molecule has 0 fully saturated rings. The minimum atomic E-state index is -1.10. The number of carboxylic acids is 1. The van der Waals surface area contributed by atoms with Crippen molar-refractivity contribution in [3.8, 4) is 0 Å². The number of hydrogen-bond donors (Lipinski definition) is 3. The van der Waals surface area contributed by atoms with E-state index in [0.29, 0.717) is 0 Å². The lowest BCUT2D eigenvalue weighted by Crippen LogP contribution is -2.29. The largest absolute Gasteiger partial charge is 0.480 e. The molecule has 0 saturated heterocycles. The van der Waals surface area contributed by atoms with Gasteiger partial charge in [-0.15, -0.1) is 5.10 Å². The van der Waals surface area contributed by atoms with Crippen molar-refractivity contribution in [3.63, 3.8) is 0 Å². The minimum Gasteiger partial charge on any atom is -0.480 e. The van der Waals surface area contributed by atoms with E-state index in [2.05, 4.69) is 25.8 Å². The first kappa shape index (κ1) is 12.3. The maximum Gasteiger partial charge on any atom is 0.327 e. The highest BCUT2D eigenvalue weighted by Gasteiger charge is 2.06. The van der Waals surface area contributed by atoms with Crippen molar-refractivity contribution in [3.05, 3.63) is 6.20 Å². The van der Waals surface area contributed by atoms with E-state index in [1.54, 1.807) is 0 Å². The number of aromatic nitrogens is 3. The molecule has 1 heterocycles. The zero-order chi connectivity index (χ0) is 12.7. The van der Waals surface area contributed by atoms with Crippen molar-refractivity contribution in [1.82, 2.24) is 20.3 Å². The summed E-state index contributed by atoms with van der Waals surface area (Å²) in [4.78, 5) is 35.2. The molecule has 1 rings (SSSR count). The highest BCUT2D eigenvalue weighted by Crippen LogP contribution is 1.98. The smallest absolute Gasteiger partial charge is 0.327 e. The summed E-state index contributed by atoms with van der Waals surface area (Å²) in [5.41, 5.74) is 0. The lowest BCUT2D eigenvalue weighted by molar-refractivity contribution is -0.138. The Morgan fingerprint density at radius 1 is 1.59 bits per heavy atom. The van der Waals surface area contributed by atoms with Crippen LogP contribution in [-0.2, 0) is 16.1 Å². The van der Waals surface area contributed by atoms with Crippen LogP contribution in [0, 0.1) is 0 Å². The molecule has 0 saturated carbocycles. The van der Waals surface area contributed by atoms with Crippen molar-refractivity contribution in [2.45, 2.75) is 6.54 Å². The molecule has 1 aromatic rings. The van der Waals surface area contributed by atoms with Crippen LogP contribution in [0.15, 0.2) is 11.2 Å². The number of carbonyl (C=O) groups excluding carboxylic acids is 2. The lowest BCUT2D eigenvalue weighted by atomic mass is 10.7. The number of hydrogen-bond acceptors (Lipinski definition) is 6. The van der Waals surface area contributed by atoms with Gasteiger partial charge >= 0.3 is 12.0 Å². The van der Waals surface area contributed by atoms with Crippen LogP contribution in [0.2, 0.25) is 0 Å². The fraction of sp³-hybridized carbons (Fsp3) is 0.286. The average Bonchev–Trinajstić information content (AvgIpc) is 2.64. The molecular formula is C7H8N6O4. The van der Waals surface area contributed by atoms with Crippen LogP contribution in [-0.4, -0.2) is 44.8 Å². The predicted molar refractivity (Wildman–Crippen MR) is 52.8 cm³/mol. The third kappa shape index (κ3) is 4.53. The molecule has 0 radical (unpaired) electrons. The number of nitrogens with zero attached hydrogens (tertiary/aromatic N) is 4. The number of anilines is 1. The zero-order valence-electron chi connectivity index (χ0n) is 8.45. The molecule has 2 amide bonds. The van der Waals surface area contributed by atoms with Crippen LogP contribution in [0.25, 0.3) is 0 Å². The molecule has 3 N–H and O–H groups in total. The molecule has 90 valence electrons.